The molecule has 5 rings (SSSR count). The predicted octanol–water partition coefficient (Wildman–Crippen LogP) is 3.76. The van der Waals surface area contributed by atoms with Gasteiger partial charge >= 0.3 is 0 Å². The first-order valence-electron chi connectivity index (χ1n) is 9.48. The molecule has 0 aromatic carbocycles. The van der Waals surface area contributed by atoms with Gasteiger partial charge in [-0.1, -0.05) is 13.8 Å². The topological polar surface area (TPSA) is 57.5 Å². The minimum atomic E-state index is -0.117. The van der Waals surface area contributed by atoms with Crippen LogP contribution in [0.25, 0.3) is 0 Å². The summed E-state index contributed by atoms with van der Waals surface area (Å²) in [6.45, 7) is 4.65. The third-order valence-corrected chi connectivity index (χ3v) is 9.22. The summed E-state index contributed by atoms with van der Waals surface area (Å²) < 4.78 is 0. The average molecular weight is 316 g/mol. The van der Waals surface area contributed by atoms with Gasteiger partial charge < -0.3 is 10.2 Å². The molecule has 2 unspecified atom stereocenters. The van der Waals surface area contributed by atoms with Gasteiger partial charge in [-0.15, -0.1) is 0 Å². The Labute approximate surface area is 138 Å². The number of rotatable bonds is 0. The minimum Gasteiger partial charge on any atom is -0.504 e. The molecule has 4 saturated carbocycles. The Kier molecular flexibility index (Phi) is 2.55. The van der Waals surface area contributed by atoms with Crippen LogP contribution in [-0.4, -0.2) is 22.1 Å². The molecule has 0 heterocycles. The van der Waals surface area contributed by atoms with Crippen LogP contribution in [-0.2, 0) is 4.79 Å². The fraction of sp³-hybridized carbons (Fsp3) is 0.850. The van der Waals surface area contributed by atoms with Crippen molar-refractivity contribution in [3.8, 4) is 0 Å². The van der Waals surface area contributed by atoms with Crippen molar-refractivity contribution >= 4 is 5.78 Å². The zero-order valence-electron chi connectivity index (χ0n) is 14.3. The highest BCUT2D eigenvalue weighted by atomic mass is 16.3. The summed E-state index contributed by atoms with van der Waals surface area (Å²) in [6, 6.07) is 0. The number of carbonyl (C=O) groups excluding carboxylic acids is 1. The van der Waals surface area contributed by atoms with E-state index in [0.717, 1.165) is 50.0 Å². The van der Waals surface area contributed by atoms with Crippen LogP contribution >= 0.6 is 0 Å². The Morgan fingerprint density at radius 1 is 1.09 bits per heavy atom. The van der Waals surface area contributed by atoms with Gasteiger partial charge in [-0.05, 0) is 84.5 Å². The second-order valence-corrected chi connectivity index (χ2v) is 9.57. The summed E-state index contributed by atoms with van der Waals surface area (Å²) in [4.78, 5) is 12.0. The Bertz CT molecular complexity index is 637. The Hall–Kier alpha value is -0.830. The molecule has 126 valence electrons. The maximum atomic E-state index is 12.0. The molecule has 0 aromatic rings. The summed E-state index contributed by atoms with van der Waals surface area (Å²) >= 11 is 0. The quantitative estimate of drug-likeness (QED) is 0.715. The van der Waals surface area contributed by atoms with Gasteiger partial charge in [0.15, 0.2) is 11.5 Å². The summed E-state index contributed by atoms with van der Waals surface area (Å²) in [7, 11) is 0. The Morgan fingerprint density at radius 3 is 2.65 bits per heavy atom. The van der Waals surface area contributed by atoms with Gasteiger partial charge in [0.05, 0.1) is 6.10 Å². The maximum absolute atomic E-state index is 12.0. The second kappa shape index (κ2) is 4.04. The first kappa shape index (κ1) is 14.5. The molecule has 5 aliphatic carbocycles. The summed E-state index contributed by atoms with van der Waals surface area (Å²) in [5.74, 6) is 2.04. The standard InChI is InChI=1S/C20H28O3/c1-18-7-6-15(21)17(23)14(18)4-3-13-12(18)5-8-19(2)16(22)9-11-10-20(11,13)19/h11-13,16,22-23H,3-10H2,1-2H3/t11-,12?,13?,16+,18-,19-,20+/m1/s1. The van der Waals surface area contributed by atoms with Gasteiger partial charge in [-0.2, -0.15) is 0 Å². The van der Waals surface area contributed by atoms with Crippen molar-refractivity contribution in [1.82, 2.24) is 0 Å². The number of aliphatic hydroxyl groups is 2. The fourth-order valence-electron chi connectivity index (χ4n) is 7.89. The zero-order valence-corrected chi connectivity index (χ0v) is 14.3. The van der Waals surface area contributed by atoms with E-state index in [4.69, 9.17) is 0 Å². The lowest BCUT2D eigenvalue weighted by molar-refractivity contribution is -0.124. The molecule has 23 heavy (non-hydrogen) atoms. The van der Waals surface area contributed by atoms with Crippen LogP contribution in [0.4, 0.5) is 0 Å². The summed E-state index contributed by atoms with van der Waals surface area (Å²) in [5, 5.41) is 21.0. The van der Waals surface area contributed by atoms with Gasteiger partial charge in [0.25, 0.3) is 0 Å². The number of aliphatic hydroxyl groups excluding tert-OH is 2. The van der Waals surface area contributed by atoms with E-state index < -0.39 is 0 Å². The maximum Gasteiger partial charge on any atom is 0.197 e. The number of allylic oxidation sites excluding steroid dienone is 1. The normalized spacial score (nSPS) is 57.4. The van der Waals surface area contributed by atoms with Crippen LogP contribution in [0.5, 0.6) is 0 Å². The van der Waals surface area contributed by atoms with Crippen molar-refractivity contribution in [2.24, 2.45) is 34.0 Å². The molecule has 0 radical (unpaired) electrons. The SMILES string of the molecule is C[C@]12CCC(=O)C(O)=C1CCC1C2CC[C@]2(C)[C@@H](O)C[C@@H]3C[C@@]132. The minimum absolute atomic E-state index is 0.0116. The molecule has 5 aliphatic rings. The number of hydrogen-bond acceptors (Lipinski definition) is 3. The lowest BCUT2D eigenvalue weighted by Crippen LogP contribution is -2.54. The van der Waals surface area contributed by atoms with Crippen molar-refractivity contribution in [2.75, 3.05) is 0 Å². The van der Waals surface area contributed by atoms with Crippen molar-refractivity contribution < 1.29 is 15.0 Å². The summed E-state index contributed by atoms with van der Waals surface area (Å²) in [6.07, 6.45) is 7.86. The van der Waals surface area contributed by atoms with Crippen molar-refractivity contribution in [2.45, 2.75) is 71.3 Å². The van der Waals surface area contributed by atoms with E-state index in [1.807, 2.05) is 0 Å². The number of ketones is 1. The summed E-state index contributed by atoms with van der Waals surface area (Å²) in [5.41, 5.74) is 1.55. The van der Waals surface area contributed by atoms with E-state index in [9.17, 15) is 15.0 Å². The first-order valence-corrected chi connectivity index (χ1v) is 9.48. The van der Waals surface area contributed by atoms with Crippen LogP contribution in [0.3, 0.4) is 0 Å². The number of fused-ring (bicyclic) bond motifs is 3. The van der Waals surface area contributed by atoms with E-state index in [0.29, 0.717) is 23.7 Å². The van der Waals surface area contributed by atoms with Gasteiger partial charge in [0.1, 0.15) is 0 Å². The van der Waals surface area contributed by atoms with E-state index in [-0.39, 0.29) is 28.5 Å². The highest BCUT2D eigenvalue weighted by Gasteiger charge is 2.77. The molecule has 1 spiro atoms. The van der Waals surface area contributed by atoms with Crippen LogP contribution in [0.2, 0.25) is 0 Å². The Morgan fingerprint density at radius 2 is 1.87 bits per heavy atom. The molecule has 0 aliphatic heterocycles. The monoisotopic (exact) mass is 316 g/mol. The van der Waals surface area contributed by atoms with Gasteiger partial charge in [-0.25, -0.2) is 0 Å². The molecule has 7 atom stereocenters. The molecule has 0 saturated heterocycles. The molecule has 3 heteroatoms. The average Bonchev–Trinajstić information content (AvgIpc) is 3.17. The second-order valence-electron chi connectivity index (χ2n) is 9.57. The van der Waals surface area contributed by atoms with Crippen molar-refractivity contribution in [3.05, 3.63) is 11.3 Å². The van der Waals surface area contributed by atoms with Crippen LogP contribution in [0, 0.1) is 34.0 Å². The van der Waals surface area contributed by atoms with Crippen LogP contribution in [0.15, 0.2) is 11.3 Å². The van der Waals surface area contributed by atoms with E-state index in [1.165, 1.54) is 6.42 Å². The third kappa shape index (κ3) is 1.41. The van der Waals surface area contributed by atoms with E-state index >= 15 is 0 Å². The van der Waals surface area contributed by atoms with Crippen molar-refractivity contribution in [1.29, 1.82) is 0 Å². The first-order chi connectivity index (χ1) is 10.8. The van der Waals surface area contributed by atoms with Gasteiger partial charge in [0, 0.05) is 6.42 Å². The molecule has 0 amide bonds. The van der Waals surface area contributed by atoms with Crippen LogP contribution < -0.4 is 0 Å². The Balaban J connectivity index is 1.59. The van der Waals surface area contributed by atoms with E-state index in [1.54, 1.807) is 0 Å². The number of hydrogen-bond donors (Lipinski definition) is 2. The largest absolute Gasteiger partial charge is 0.504 e. The molecule has 4 fully saturated rings. The zero-order chi connectivity index (χ0) is 16.2. The molecule has 0 aromatic heterocycles. The number of carbonyl (C=O) groups is 1. The fourth-order valence-corrected chi connectivity index (χ4v) is 7.89. The van der Waals surface area contributed by atoms with Crippen molar-refractivity contribution in [3.63, 3.8) is 0 Å². The van der Waals surface area contributed by atoms with Crippen LogP contribution in [0.1, 0.15) is 65.2 Å². The smallest absolute Gasteiger partial charge is 0.197 e. The van der Waals surface area contributed by atoms with E-state index in [2.05, 4.69) is 13.8 Å². The highest BCUT2D eigenvalue weighted by molar-refractivity contribution is 5.95. The molecule has 0 bridgehead atoms. The predicted molar refractivity (Wildman–Crippen MR) is 86.7 cm³/mol. The third-order valence-electron chi connectivity index (χ3n) is 9.22. The van der Waals surface area contributed by atoms with Gasteiger partial charge in [0.2, 0.25) is 0 Å². The lowest BCUT2D eigenvalue weighted by atomic mass is 9.45. The molecular weight excluding hydrogens is 288 g/mol. The molecule has 3 nitrogen and oxygen atoms in total. The molecular formula is C20H28O3. The highest BCUT2D eigenvalue weighted by Crippen LogP contribution is 2.82. The lowest BCUT2D eigenvalue weighted by Gasteiger charge is -2.59. The van der Waals surface area contributed by atoms with Gasteiger partial charge in [-0.3, -0.25) is 4.79 Å². The molecule has 2 N–H and O–H groups in total. The number of Topliss-reactive ketones (excluding diaryl/α,β-unsaturated/α-hetero) is 1.